The molecule has 0 saturated carbocycles. The molecule has 0 fully saturated rings. The number of benzene rings is 2. The molecule has 10 nitrogen and oxygen atoms in total. The Labute approximate surface area is 161 Å². The number of hydrogen-bond acceptors (Lipinski definition) is 8. The third-order valence-electron chi connectivity index (χ3n) is 3.89. The third-order valence-corrected chi connectivity index (χ3v) is 4.85. The van der Waals surface area contributed by atoms with Gasteiger partial charge in [-0.1, -0.05) is 23.5 Å². The summed E-state index contributed by atoms with van der Waals surface area (Å²) in [5.74, 6) is -0.382. The van der Waals surface area contributed by atoms with Crippen molar-refractivity contribution < 1.29 is 14.5 Å². The number of methoxy groups -OCH3 is 1. The summed E-state index contributed by atoms with van der Waals surface area (Å²) in [7, 11) is 1.33. The van der Waals surface area contributed by atoms with Crippen LogP contribution < -0.4 is 10.1 Å². The van der Waals surface area contributed by atoms with Gasteiger partial charge in [-0.2, -0.15) is 9.61 Å². The average molecular weight is 396 g/mol. The van der Waals surface area contributed by atoms with Gasteiger partial charge < -0.3 is 10.1 Å². The number of nitro benzene ring substituents is 1. The Morgan fingerprint density at radius 1 is 1.29 bits per heavy atom. The summed E-state index contributed by atoms with van der Waals surface area (Å²) >= 11 is 1.37. The number of fused-ring (bicyclic) bond motifs is 1. The molecule has 11 heteroatoms. The highest BCUT2D eigenvalue weighted by Gasteiger charge is 2.18. The molecule has 0 aliphatic heterocycles. The van der Waals surface area contributed by atoms with E-state index in [9.17, 15) is 14.9 Å². The lowest BCUT2D eigenvalue weighted by molar-refractivity contribution is -0.385. The van der Waals surface area contributed by atoms with Crippen molar-refractivity contribution in [3.8, 4) is 16.3 Å². The second-order valence-corrected chi connectivity index (χ2v) is 6.60. The first-order valence-electron chi connectivity index (χ1n) is 7.96. The van der Waals surface area contributed by atoms with Gasteiger partial charge in [0.05, 0.1) is 12.0 Å². The van der Waals surface area contributed by atoms with E-state index in [-0.39, 0.29) is 17.0 Å². The van der Waals surface area contributed by atoms with Crippen molar-refractivity contribution in [3.63, 3.8) is 0 Å². The minimum atomic E-state index is -0.593. The number of hydrogen-bond donors (Lipinski definition) is 1. The molecule has 140 valence electrons. The van der Waals surface area contributed by atoms with Gasteiger partial charge in [0.2, 0.25) is 4.96 Å². The van der Waals surface area contributed by atoms with E-state index in [1.807, 2.05) is 6.07 Å². The van der Waals surface area contributed by atoms with Crippen molar-refractivity contribution in [2.24, 2.45) is 0 Å². The molecule has 1 amide bonds. The average Bonchev–Trinajstić information content (AvgIpc) is 3.30. The fourth-order valence-electron chi connectivity index (χ4n) is 2.58. The van der Waals surface area contributed by atoms with Gasteiger partial charge in [0, 0.05) is 22.9 Å². The Morgan fingerprint density at radius 3 is 2.89 bits per heavy atom. The topological polar surface area (TPSA) is 125 Å². The highest BCUT2D eigenvalue weighted by molar-refractivity contribution is 7.19. The number of carbonyl (C=O) groups excluding carboxylic acids is 1. The van der Waals surface area contributed by atoms with Crippen LogP contribution in [0.4, 0.5) is 11.4 Å². The molecule has 2 aromatic heterocycles. The molecule has 4 aromatic rings. The number of nitro groups is 1. The highest BCUT2D eigenvalue weighted by atomic mass is 32.1. The molecular formula is C17H12N6O4S. The van der Waals surface area contributed by atoms with Crippen LogP contribution in [0.5, 0.6) is 5.75 Å². The Kier molecular flexibility index (Phi) is 4.41. The van der Waals surface area contributed by atoms with Crippen molar-refractivity contribution >= 4 is 33.6 Å². The summed E-state index contributed by atoms with van der Waals surface area (Å²) in [6.07, 6.45) is 1.51. The standard InChI is InChI=1S/C17H12N6O4S/c1-27-14-6-5-10(8-13(14)23(25)26)15(24)19-12-4-2-3-11(7-12)16-21-22-9-18-20-17(22)28-16/h2-9H,1H3,(H,19,24). The van der Waals surface area contributed by atoms with E-state index in [4.69, 9.17) is 4.74 Å². The van der Waals surface area contributed by atoms with Crippen molar-refractivity contribution in [1.29, 1.82) is 0 Å². The predicted molar refractivity (Wildman–Crippen MR) is 102 cm³/mol. The second-order valence-electron chi connectivity index (χ2n) is 5.64. The summed E-state index contributed by atoms with van der Waals surface area (Å²) in [6, 6.07) is 11.2. The monoisotopic (exact) mass is 396 g/mol. The van der Waals surface area contributed by atoms with Gasteiger partial charge in [-0.05, 0) is 24.3 Å². The predicted octanol–water partition coefficient (Wildman–Crippen LogP) is 3.02. The minimum absolute atomic E-state index is 0.0896. The molecule has 0 atom stereocenters. The van der Waals surface area contributed by atoms with E-state index < -0.39 is 10.8 Å². The number of nitrogens with zero attached hydrogens (tertiary/aromatic N) is 5. The first kappa shape index (κ1) is 17.5. The number of amides is 1. The Hall–Kier alpha value is -3.86. The fraction of sp³-hybridized carbons (Fsp3) is 0.0588. The maximum atomic E-state index is 12.5. The van der Waals surface area contributed by atoms with Gasteiger partial charge in [-0.3, -0.25) is 14.9 Å². The lowest BCUT2D eigenvalue weighted by atomic mass is 10.1. The minimum Gasteiger partial charge on any atom is -0.490 e. The number of carbonyl (C=O) groups is 1. The van der Waals surface area contributed by atoms with Gasteiger partial charge in [0.25, 0.3) is 5.91 Å². The molecule has 0 aliphatic carbocycles. The number of anilines is 1. The van der Waals surface area contributed by atoms with E-state index in [1.54, 1.807) is 22.7 Å². The van der Waals surface area contributed by atoms with Gasteiger partial charge in [0.1, 0.15) is 11.3 Å². The normalized spacial score (nSPS) is 10.8. The van der Waals surface area contributed by atoms with Crippen molar-refractivity contribution in [3.05, 3.63) is 64.5 Å². The van der Waals surface area contributed by atoms with Crippen LogP contribution in [0.2, 0.25) is 0 Å². The number of rotatable bonds is 5. The summed E-state index contributed by atoms with van der Waals surface area (Å²) in [4.78, 5) is 23.7. The molecule has 0 spiro atoms. The number of ether oxygens (including phenoxy) is 1. The molecule has 0 unspecified atom stereocenters. The van der Waals surface area contributed by atoms with Crippen LogP contribution in [0.25, 0.3) is 15.5 Å². The Morgan fingerprint density at radius 2 is 2.14 bits per heavy atom. The maximum Gasteiger partial charge on any atom is 0.311 e. The van der Waals surface area contributed by atoms with Crippen LogP contribution in [0, 0.1) is 10.1 Å². The molecule has 2 aromatic carbocycles. The zero-order chi connectivity index (χ0) is 19.7. The summed E-state index contributed by atoms with van der Waals surface area (Å²) < 4.78 is 6.52. The van der Waals surface area contributed by atoms with Crippen molar-refractivity contribution in [2.75, 3.05) is 12.4 Å². The fourth-order valence-corrected chi connectivity index (χ4v) is 3.40. The molecule has 0 radical (unpaired) electrons. The zero-order valence-corrected chi connectivity index (χ0v) is 15.2. The van der Waals surface area contributed by atoms with E-state index >= 15 is 0 Å². The van der Waals surface area contributed by atoms with E-state index in [2.05, 4.69) is 20.6 Å². The maximum absolute atomic E-state index is 12.5. The molecular weight excluding hydrogens is 384 g/mol. The van der Waals surface area contributed by atoms with E-state index in [0.29, 0.717) is 10.6 Å². The Bertz CT molecular complexity index is 1170. The quantitative estimate of drug-likeness (QED) is 0.406. The largest absolute Gasteiger partial charge is 0.490 e. The van der Waals surface area contributed by atoms with Crippen LogP contribution >= 0.6 is 11.3 Å². The first-order chi connectivity index (χ1) is 13.5. The number of aromatic nitrogens is 4. The van der Waals surface area contributed by atoms with Crippen LogP contribution in [0.1, 0.15) is 10.4 Å². The van der Waals surface area contributed by atoms with Gasteiger partial charge >= 0.3 is 5.69 Å². The van der Waals surface area contributed by atoms with Crippen LogP contribution in [-0.2, 0) is 0 Å². The Balaban J connectivity index is 1.59. The van der Waals surface area contributed by atoms with Crippen LogP contribution in [0.15, 0.2) is 48.8 Å². The zero-order valence-electron chi connectivity index (χ0n) is 14.4. The number of nitrogens with one attached hydrogen (secondary N) is 1. The first-order valence-corrected chi connectivity index (χ1v) is 8.78. The lowest BCUT2D eigenvalue weighted by Gasteiger charge is -2.08. The highest BCUT2D eigenvalue weighted by Crippen LogP contribution is 2.29. The summed E-state index contributed by atoms with van der Waals surface area (Å²) in [6.45, 7) is 0. The van der Waals surface area contributed by atoms with E-state index in [1.165, 1.54) is 43.0 Å². The molecule has 0 saturated heterocycles. The van der Waals surface area contributed by atoms with Gasteiger partial charge in [0.15, 0.2) is 5.75 Å². The molecule has 0 bridgehead atoms. The van der Waals surface area contributed by atoms with Crippen LogP contribution in [0.3, 0.4) is 0 Å². The third kappa shape index (κ3) is 3.25. The van der Waals surface area contributed by atoms with E-state index in [0.717, 1.165) is 10.6 Å². The van der Waals surface area contributed by atoms with Crippen LogP contribution in [-0.4, -0.2) is 37.8 Å². The second kappa shape index (κ2) is 7.04. The van der Waals surface area contributed by atoms with Gasteiger partial charge in [-0.25, -0.2) is 0 Å². The summed E-state index contributed by atoms with van der Waals surface area (Å²) in [5.41, 5.74) is 1.21. The van der Waals surface area contributed by atoms with Crippen molar-refractivity contribution in [1.82, 2.24) is 19.8 Å². The smallest absolute Gasteiger partial charge is 0.311 e. The molecule has 28 heavy (non-hydrogen) atoms. The summed E-state index contributed by atoms with van der Waals surface area (Å²) in [5, 5.41) is 26.7. The molecule has 1 N–H and O–H groups in total. The molecule has 4 rings (SSSR count). The SMILES string of the molecule is COc1ccc(C(=O)Nc2cccc(-c3nn4cnnc4s3)c2)cc1[N+](=O)[O-]. The van der Waals surface area contributed by atoms with Gasteiger partial charge in [-0.15, -0.1) is 10.2 Å². The lowest BCUT2D eigenvalue weighted by Crippen LogP contribution is -2.12. The molecule has 2 heterocycles. The molecule has 0 aliphatic rings. The van der Waals surface area contributed by atoms with Crippen molar-refractivity contribution in [2.45, 2.75) is 0 Å².